The maximum atomic E-state index is 11.7. The van der Waals surface area contributed by atoms with Gasteiger partial charge in [0.2, 0.25) is 0 Å². The summed E-state index contributed by atoms with van der Waals surface area (Å²) < 4.78 is 5.13. The number of nitro groups is 1. The van der Waals surface area contributed by atoms with Crippen LogP contribution >= 0.6 is 11.6 Å². The Morgan fingerprint density at radius 3 is 2.64 bits per heavy atom. The zero-order valence-electron chi connectivity index (χ0n) is 12.8. The molecular weight excluding hydrogens is 310 g/mol. The highest BCUT2D eigenvalue weighted by Crippen LogP contribution is 2.28. The van der Waals surface area contributed by atoms with E-state index in [0.717, 1.165) is 0 Å². The Balaban J connectivity index is 2.82. The van der Waals surface area contributed by atoms with Crippen LogP contribution in [0.15, 0.2) is 18.2 Å². The Morgan fingerprint density at radius 2 is 2.14 bits per heavy atom. The average molecular weight is 330 g/mol. The number of hydrogen-bond acceptors (Lipinski definition) is 5. The molecule has 0 bridgehead atoms. The van der Waals surface area contributed by atoms with E-state index in [1.54, 1.807) is 20.8 Å². The monoisotopic (exact) mass is 329 g/mol. The van der Waals surface area contributed by atoms with Gasteiger partial charge in [0.1, 0.15) is 5.60 Å². The lowest BCUT2D eigenvalue weighted by Gasteiger charge is -2.22. The number of hydrogen-bond donors (Lipinski definition) is 2. The van der Waals surface area contributed by atoms with Gasteiger partial charge < -0.3 is 15.8 Å². The van der Waals surface area contributed by atoms with Crippen LogP contribution in [0.4, 0.5) is 10.5 Å². The van der Waals surface area contributed by atoms with E-state index in [9.17, 15) is 14.9 Å². The largest absolute Gasteiger partial charge is 0.444 e. The highest BCUT2D eigenvalue weighted by Gasteiger charge is 2.20. The number of nitrogens with one attached hydrogen (secondary N) is 1. The number of nitro benzene ring substituents is 1. The van der Waals surface area contributed by atoms with Gasteiger partial charge in [-0.2, -0.15) is 0 Å². The first-order valence-corrected chi connectivity index (χ1v) is 7.12. The van der Waals surface area contributed by atoms with Crippen molar-refractivity contribution in [2.75, 3.05) is 13.1 Å². The molecule has 0 fully saturated rings. The van der Waals surface area contributed by atoms with Gasteiger partial charge in [0.25, 0.3) is 5.69 Å². The van der Waals surface area contributed by atoms with Crippen molar-refractivity contribution in [3.05, 3.63) is 38.9 Å². The van der Waals surface area contributed by atoms with Crippen LogP contribution in [-0.4, -0.2) is 29.7 Å². The van der Waals surface area contributed by atoms with Gasteiger partial charge in [0.15, 0.2) is 0 Å². The van der Waals surface area contributed by atoms with Crippen molar-refractivity contribution >= 4 is 23.4 Å². The molecule has 7 nitrogen and oxygen atoms in total. The molecule has 0 aliphatic rings. The van der Waals surface area contributed by atoms with E-state index in [4.69, 9.17) is 22.1 Å². The predicted octanol–water partition coefficient (Wildman–Crippen LogP) is 2.82. The molecule has 122 valence electrons. The lowest BCUT2D eigenvalue weighted by atomic mass is 9.98. The van der Waals surface area contributed by atoms with Crippen LogP contribution < -0.4 is 11.1 Å². The molecule has 1 atom stereocenters. The van der Waals surface area contributed by atoms with Crippen LogP contribution in [0.2, 0.25) is 5.02 Å². The zero-order chi connectivity index (χ0) is 16.9. The molecule has 22 heavy (non-hydrogen) atoms. The molecule has 8 heteroatoms. The van der Waals surface area contributed by atoms with Crippen LogP contribution in [0.25, 0.3) is 0 Å². The molecule has 1 amide bonds. The Labute approximate surface area is 133 Å². The number of benzene rings is 1. The number of carbonyl (C=O) groups is 1. The summed E-state index contributed by atoms with van der Waals surface area (Å²) in [4.78, 5) is 22.0. The van der Waals surface area contributed by atoms with Crippen LogP contribution in [0.1, 0.15) is 32.3 Å². The second kappa shape index (κ2) is 7.42. The molecule has 0 heterocycles. The van der Waals surface area contributed by atoms with Crippen LogP contribution in [-0.2, 0) is 4.74 Å². The molecular formula is C14H20ClN3O4. The summed E-state index contributed by atoms with van der Waals surface area (Å²) >= 11 is 6.07. The molecule has 1 rings (SSSR count). The van der Waals surface area contributed by atoms with Crippen molar-refractivity contribution in [1.82, 2.24) is 5.32 Å². The average Bonchev–Trinajstić information content (AvgIpc) is 2.38. The number of nitrogens with two attached hydrogens (primary N) is 1. The molecule has 0 aliphatic carbocycles. The Kier molecular flexibility index (Phi) is 6.13. The minimum absolute atomic E-state index is 0.0740. The molecule has 3 N–H and O–H groups in total. The third-order valence-electron chi connectivity index (χ3n) is 2.81. The van der Waals surface area contributed by atoms with Crippen molar-refractivity contribution in [3.63, 3.8) is 0 Å². The first-order chi connectivity index (χ1) is 10.1. The standard InChI is InChI=1S/C14H20ClN3O4/c1-14(2,3)22-13(19)17-8-9(7-16)11-6-10(18(20)21)4-5-12(11)15/h4-6,9H,7-8,16H2,1-3H3,(H,17,19). The molecule has 0 aliphatic heterocycles. The fourth-order valence-corrected chi connectivity index (χ4v) is 2.07. The number of alkyl carbamates (subject to hydrolysis) is 1. The van der Waals surface area contributed by atoms with Crippen molar-refractivity contribution in [1.29, 1.82) is 0 Å². The van der Waals surface area contributed by atoms with E-state index in [1.807, 2.05) is 0 Å². The van der Waals surface area contributed by atoms with Gasteiger partial charge >= 0.3 is 6.09 Å². The Morgan fingerprint density at radius 1 is 1.50 bits per heavy atom. The summed E-state index contributed by atoms with van der Waals surface area (Å²) in [6.45, 7) is 5.61. The Hall–Kier alpha value is -1.86. The lowest BCUT2D eigenvalue weighted by Crippen LogP contribution is -2.36. The third-order valence-corrected chi connectivity index (χ3v) is 3.15. The first-order valence-electron chi connectivity index (χ1n) is 6.75. The molecule has 0 aromatic heterocycles. The number of nitrogens with zero attached hydrogens (tertiary/aromatic N) is 1. The van der Waals surface area contributed by atoms with Crippen molar-refractivity contribution < 1.29 is 14.5 Å². The fourth-order valence-electron chi connectivity index (χ4n) is 1.80. The number of halogens is 1. The second-order valence-corrected chi connectivity index (χ2v) is 6.19. The number of rotatable bonds is 5. The van der Waals surface area contributed by atoms with Gasteiger partial charge in [-0.05, 0) is 32.4 Å². The lowest BCUT2D eigenvalue weighted by molar-refractivity contribution is -0.384. The molecule has 1 aromatic rings. The van der Waals surface area contributed by atoms with Crippen LogP contribution in [0.3, 0.4) is 0 Å². The molecule has 0 saturated heterocycles. The predicted molar refractivity (Wildman–Crippen MR) is 84.1 cm³/mol. The van der Waals surface area contributed by atoms with Gasteiger partial charge in [0, 0.05) is 36.2 Å². The van der Waals surface area contributed by atoms with E-state index >= 15 is 0 Å². The van der Waals surface area contributed by atoms with Crippen molar-refractivity contribution in [3.8, 4) is 0 Å². The maximum absolute atomic E-state index is 11.7. The highest BCUT2D eigenvalue weighted by atomic mass is 35.5. The Bertz CT molecular complexity index is 558. The zero-order valence-corrected chi connectivity index (χ0v) is 13.5. The van der Waals surface area contributed by atoms with E-state index < -0.39 is 16.6 Å². The summed E-state index contributed by atoms with van der Waals surface area (Å²) in [5.74, 6) is -0.347. The molecule has 0 saturated carbocycles. The topological polar surface area (TPSA) is 107 Å². The van der Waals surface area contributed by atoms with E-state index in [2.05, 4.69) is 5.32 Å². The number of ether oxygens (including phenoxy) is 1. The first kappa shape index (κ1) is 18.2. The molecule has 1 unspecified atom stereocenters. The quantitative estimate of drug-likeness (QED) is 0.638. The summed E-state index contributed by atoms with van der Waals surface area (Å²) in [6.07, 6.45) is -0.576. The van der Waals surface area contributed by atoms with Gasteiger partial charge in [-0.3, -0.25) is 10.1 Å². The number of non-ortho nitro benzene ring substituents is 1. The van der Waals surface area contributed by atoms with E-state index in [-0.39, 0.29) is 24.7 Å². The minimum atomic E-state index is -0.606. The smallest absolute Gasteiger partial charge is 0.407 e. The third kappa shape index (κ3) is 5.50. The van der Waals surface area contributed by atoms with E-state index in [1.165, 1.54) is 18.2 Å². The van der Waals surface area contributed by atoms with Crippen LogP contribution in [0.5, 0.6) is 0 Å². The number of carbonyl (C=O) groups excluding carboxylic acids is 1. The summed E-state index contributed by atoms with van der Waals surface area (Å²) in [5.41, 5.74) is 5.54. The summed E-state index contributed by atoms with van der Waals surface area (Å²) in [5, 5.41) is 13.8. The van der Waals surface area contributed by atoms with Crippen LogP contribution in [0, 0.1) is 10.1 Å². The summed E-state index contributed by atoms with van der Waals surface area (Å²) in [7, 11) is 0. The van der Waals surface area contributed by atoms with Crippen molar-refractivity contribution in [2.45, 2.75) is 32.3 Å². The fraction of sp³-hybridized carbons (Fsp3) is 0.500. The SMILES string of the molecule is CC(C)(C)OC(=O)NCC(CN)c1cc([N+](=O)[O-])ccc1Cl. The minimum Gasteiger partial charge on any atom is -0.444 e. The normalized spacial score (nSPS) is 12.6. The van der Waals surface area contributed by atoms with Crippen molar-refractivity contribution in [2.24, 2.45) is 5.73 Å². The number of amides is 1. The molecule has 0 radical (unpaired) electrons. The van der Waals surface area contributed by atoms with Gasteiger partial charge in [-0.1, -0.05) is 11.6 Å². The van der Waals surface area contributed by atoms with Gasteiger partial charge in [-0.15, -0.1) is 0 Å². The molecule has 0 spiro atoms. The van der Waals surface area contributed by atoms with Gasteiger partial charge in [-0.25, -0.2) is 4.79 Å². The molecule has 1 aromatic carbocycles. The highest BCUT2D eigenvalue weighted by molar-refractivity contribution is 6.31. The van der Waals surface area contributed by atoms with Gasteiger partial charge in [0.05, 0.1) is 4.92 Å². The second-order valence-electron chi connectivity index (χ2n) is 5.78. The maximum Gasteiger partial charge on any atom is 0.407 e. The van der Waals surface area contributed by atoms with E-state index in [0.29, 0.717) is 10.6 Å². The summed E-state index contributed by atoms with van der Waals surface area (Å²) in [6, 6.07) is 4.14.